The smallest absolute Gasteiger partial charge is 0.244 e. The zero-order valence-electron chi connectivity index (χ0n) is 11.5. The summed E-state index contributed by atoms with van der Waals surface area (Å²) < 4.78 is 26.5. The Kier molecular flexibility index (Phi) is 3.94. The lowest BCUT2D eigenvalue weighted by atomic mass is 10.1. The van der Waals surface area contributed by atoms with E-state index in [9.17, 15) is 13.2 Å². The lowest BCUT2D eigenvalue weighted by Gasteiger charge is -2.11. The van der Waals surface area contributed by atoms with Crippen molar-refractivity contribution in [3.05, 3.63) is 30.3 Å². The zero-order valence-corrected chi connectivity index (χ0v) is 13.2. The molecule has 1 fully saturated rings. The third-order valence-electron chi connectivity index (χ3n) is 3.35. The van der Waals surface area contributed by atoms with Gasteiger partial charge in [-0.15, -0.1) is 0 Å². The van der Waals surface area contributed by atoms with E-state index in [1.54, 1.807) is 0 Å². The summed E-state index contributed by atoms with van der Waals surface area (Å²) >= 11 is 1.21. The molecule has 2 N–H and O–H groups in total. The maximum Gasteiger partial charge on any atom is 0.244 e. The van der Waals surface area contributed by atoms with E-state index in [2.05, 4.69) is 9.36 Å². The summed E-state index contributed by atoms with van der Waals surface area (Å²) in [5.41, 5.74) is 0.930. The van der Waals surface area contributed by atoms with Crippen LogP contribution in [0.15, 0.2) is 30.3 Å². The summed E-state index contributed by atoms with van der Waals surface area (Å²) in [7, 11) is -3.59. The third kappa shape index (κ3) is 3.32. The highest BCUT2D eigenvalue weighted by molar-refractivity contribution is 7.89. The van der Waals surface area contributed by atoms with Gasteiger partial charge >= 0.3 is 0 Å². The van der Waals surface area contributed by atoms with E-state index >= 15 is 0 Å². The lowest BCUT2D eigenvalue weighted by Crippen LogP contribution is -2.28. The highest BCUT2D eigenvalue weighted by Gasteiger charge is 2.34. The zero-order chi connectivity index (χ0) is 15.7. The van der Waals surface area contributed by atoms with Crippen LogP contribution in [0.25, 0.3) is 10.6 Å². The predicted molar refractivity (Wildman–Crippen MR) is 83.8 cm³/mol. The molecule has 3 rings (SSSR count). The van der Waals surface area contributed by atoms with Crippen LogP contribution in [-0.4, -0.2) is 36.0 Å². The number of carbonyl (C=O) groups excluding carboxylic acids is 1. The molecule has 0 radical (unpaired) electrons. The molecule has 1 amide bonds. The summed E-state index contributed by atoms with van der Waals surface area (Å²) in [6, 6.07) is 9.55. The van der Waals surface area contributed by atoms with Gasteiger partial charge in [0.05, 0.1) is 5.75 Å². The predicted octanol–water partition coefficient (Wildman–Crippen LogP) is 0.847. The van der Waals surface area contributed by atoms with E-state index < -0.39 is 10.0 Å². The number of primary sulfonamides is 1. The average Bonchev–Trinajstić information content (AvgIpc) is 3.05. The molecule has 116 valence electrons. The Balaban J connectivity index is 1.78. The second-order valence-corrected chi connectivity index (χ2v) is 7.58. The van der Waals surface area contributed by atoms with Crippen LogP contribution < -0.4 is 10.0 Å². The number of amides is 1. The largest absolute Gasteiger partial charge is 0.280 e. The molecule has 7 nitrogen and oxygen atoms in total. The highest BCUT2D eigenvalue weighted by atomic mass is 32.2. The van der Waals surface area contributed by atoms with Crippen molar-refractivity contribution in [2.75, 3.05) is 17.2 Å². The fourth-order valence-corrected chi connectivity index (χ4v) is 3.99. The maximum atomic E-state index is 12.0. The molecule has 0 saturated carbocycles. The van der Waals surface area contributed by atoms with E-state index in [-0.39, 0.29) is 30.5 Å². The Morgan fingerprint density at radius 2 is 2.05 bits per heavy atom. The van der Waals surface area contributed by atoms with E-state index in [1.165, 1.54) is 16.4 Å². The van der Waals surface area contributed by atoms with Crippen molar-refractivity contribution in [3.8, 4) is 10.6 Å². The molecular formula is C13H14N4O3S2. The number of rotatable bonds is 4. The average molecular weight is 338 g/mol. The molecule has 0 bridgehead atoms. The molecule has 1 aliphatic rings. The number of sulfonamides is 1. The van der Waals surface area contributed by atoms with Gasteiger partial charge in [0, 0.05) is 24.4 Å². The van der Waals surface area contributed by atoms with Crippen molar-refractivity contribution in [1.82, 2.24) is 9.36 Å². The molecule has 1 atom stereocenters. The van der Waals surface area contributed by atoms with Crippen molar-refractivity contribution in [1.29, 1.82) is 0 Å². The molecule has 1 unspecified atom stereocenters. The van der Waals surface area contributed by atoms with Gasteiger partial charge in [-0.25, -0.2) is 13.6 Å². The minimum absolute atomic E-state index is 0.149. The summed E-state index contributed by atoms with van der Waals surface area (Å²) in [5.74, 6) is -0.367. The Hall–Kier alpha value is -1.84. The molecule has 2 heterocycles. The number of nitrogens with zero attached hydrogens (tertiary/aromatic N) is 3. The summed E-state index contributed by atoms with van der Waals surface area (Å²) in [6.45, 7) is 0.278. The molecule has 0 spiro atoms. The second-order valence-electron chi connectivity index (χ2n) is 5.17. The quantitative estimate of drug-likeness (QED) is 0.889. The van der Waals surface area contributed by atoms with Crippen LogP contribution in [0.4, 0.5) is 5.95 Å². The minimum Gasteiger partial charge on any atom is -0.280 e. The second kappa shape index (κ2) is 5.75. The van der Waals surface area contributed by atoms with E-state index in [0.29, 0.717) is 5.95 Å². The summed E-state index contributed by atoms with van der Waals surface area (Å²) in [5, 5.41) is 5.76. The van der Waals surface area contributed by atoms with Crippen LogP contribution in [0.3, 0.4) is 0 Å². The Morgan fingerprint density at radius 3 is 2.73 bits per heavy atom. The van der Waals surface area contributed by atoms with Gasteiger partial charge in [0.2, 0.25) is 21.9 Å². The number of anilines is 1. The molecule has 0 aliphatic carbocycles. The van der Waals surface area contributed by atoms with Gasteiger partial charge < -0.3 is 0 Å². The van der Waals surface area contributed by atoms with Crippen LogP contribution in [0, 0.1) is 5.92 Å². The molecule has 1 aromatic carbocycles. The van der Waals surface area contributed by atoms with Crippen molar-refractivity contribution >= 4 is 33.4 Å². The SMILES string of the molecule is NS(=O)(=O)CC1CC(=O)N(c2nsc(-c3ccccc3)n2)C1. The molecule has 1 saturated heterocycles. The third-order valence-corrected chi connectivity index (χ3v) is 5.04. The standard InChI is InChI=1S/C13H14N4O3S2/c14-22(19,20)8-9-6-11(18)17(7-9)13-15-12(21-16-13)10-4-2-1-3-5-10/h1-5,9H,6-8H2,(H2,14,19,20). The normalized spacial score (nSPS) is 18.9. The Morgan fingerprint density at radius 1 is 1.32 bits per heavy atom. The van der Waals surface area contributed by atoms with Crippen molar-refractivity contribution in [2.24, 2.45) is 11.1 Å². The van der Waals surface area contributed by atoms with E-state index in [4.69, 9.17) is 5.14 Å². The number of aromatic nitrogens is 2. The van der Waals surface area contributed by atoms with Gasteiger partial charge in [0.1, 0.15) is 5.01 Å². The van der Waals surface area contributed by atoms with Crippen molar-refractivity contribution in [2.45, 2.75) is 6.42 Å². The number of carbonyl (C=O) groups is 1. The van der Waals surface area contributed by atoms with Crippen LogP contribution in [0.1, 0.15) is 6.42 Å². The first-order valence-corrected chi connectivity index (χ1v) is 9.11. The highest BCUT2D eigenvalue weighted by Crippen LogP contribution is 2.28. The molecule has 9 heteroatoms. The number of benzene rings is 1. The first kappa shape index (κ1) is 15.1. The van der Waals surface area contributed by atoms with Crippen LogP contribution in [0.5, 0.6) is 0 Å². The summed E-state index contributed by atoms with van der Waals surface area (Å²) in [6.07, 6.45) is 0.149. The first-order valence-electron chi connectivity index (χ1n) is 6.62. The molecule has 1 aliphatic heterocycles. The minimum atomic E-state index is -3.59. The Labute approximate surface area is 132 Å². The van der Waals surface area contributed by atoms with Gasteiger partial charge in [-0.1, -0.05) is 30.3 Å². The van der Waals surface area contributed by atoms with E-state index in [1.807, 2.05) is 30.3 Å². The van der Waals surface area contributed by atoms with Crippen LogP contribution in [-0.2, 0) is 14.8 Å². The number of nitrogens with two attached hydrogens (primary N) is 1. The lowest BCUT2D eigenvalue weighted by molar-refractivity contribution is -0.117. The Bertz CT molecular complexity index is 789. The first-order chi connectivity index (χ1) is 10.4. The molecule has 22 heavy (non-hydrogen) atoms. The van der Waals surface area contributed by atoms with Gasteiger partial charge in [0.15, 0.2) is 0 Å². The maximum absolute atomic E-state index is 12.0. The molecular weight excluding hydrogens is 324 g/mol. The van der Waals surface area contributed by atoms with Crippen molar-refractivity contribution in [3.63, 3.8) is 0 Å². The number of hydrogen-bond donors (Lipinski definition) is 1. The fraction of sp³-hybridized carbons (Fsp3) is 0.308. The van der Waals surface area contributed by atoms with E-state index in [0.717, 1.165) is 10.6 Å². The monoisotopic (exact) mass is 338 g/mol. The molecule has 2 aromatic rings. The molecule has 1 aromatic heterocycles. The van der Waals surface area contributed by atoms with Gasteiger partial charge in [-0.3, -0.25) is 9.69 Å². The van der Waals surface area contributed by atoms with Gasteiger partial charge in [-0.05, 0) is 11.5 Å². The van der Waals surface area contributed by atoms with Crippen LogP contribution in [0.2, 0.25) is 0 Å². The van der Waals surface area contributed by atoms with Gasteiger partial charge in [-0.2, -0.15) is 9.36 Å². The van der Waals surface area contributed by atoms with Crippen molar-refractivity contribution < 1.29 is 13.2 Å². The number of hydrogen-bond acceptors (Lipinski definition) is 6. The fourth-order valence-electron chi connectivity index (χ4n) is 2.44. The van der Waals surface area contributed by atoms with Gasteiger partial charge in [0.25, 0.3) is 0 Å². The summed E-state index contributed by atoms with van der Waals surface area (Å²) in [4.78, 5) is 17.8. The topological polar surface area (TPSA) is 106 Å². The van der Waals surface area contributed by atoms with Crippen LogP contribution >= 0.6 is 11.5 Å².